The number of aromatic nitrogens is 2. The van der Waals surface area contributed by atoms with Gasteiger partial charge in [0.2, 0.25) is 0 Å². The van der Waals surface area contributed by atoms with Crippen LogP contribution in [0, 0.1) is 0 Å². The van der Waals surface area contributed by atoms with E-state index in [1.165, 1.54) is 11.1 Å². The van der Waals surface area contributed by atoms with Crippen LogP contribution in [-0.4, -0.2) is 29.2 Å². The lowest BCUT2D eigenvalue weighted by Crippen LogP contribution is -2.32. The zero-order valence-electron chi connectivity index (χ0n) is 10.0. The monoisotopic (exact) mass is 218 g/mol. The molecule has 0 spiro atoms. The van der Waals surface area contributed by atoms with Gasteiger partial charge in [0, 0.05) is 50.1 Å². The van der Waals surface area contributed by atoms with Crippen molar-refractivity contribution in [3.05, 3.63) is 24.5 Å². The van der Waals surface area contributed by atoms with E-state index in [0.717, 1.165) is 12.2 Å². The summed E-state index contributed by atoms with van der Waals surface area (Å²) in [4.78, 5) is 6.54. The van der Waals surface area contributed by atoms with Crippen molar-refractivity contribution in [3.63, 3.8) is 0 Å². The third-order valence-electron chi connectivity index (χ3n) is 2.72. The maximum absolute atomic E-state index is 5.82. The highest BCUT2D eigenvalue weighted by Crippen LogP contribution is 2.24. The molecule has 0 aliphatic rings. The second-order valence-corrected chi connectivity index (χ2v) is 4.35. The van der Waals surface area contributed by atoms with Crippen LogP contribution in [0.25, 0.3) is 11.0 Å². The molecule has 86 valence electrons. The third kappa shape index (κ3) is 1.88. The maximum atomic E-state index is 5.82. The Morgan fingerprint density at radius 2 is 2.25 bits per heavy atom. The van der Waals surface area contributed by atoms with Gasteiger partial charge in [-0.05, 0) is 19.1 Å². The minimum Gasteiger partial charge on any atom is -0.372 e. The molecule has 0 radical (unpaired) electrons. The van der Waals surface area contributed by atoms with Crippen molar-refractivity contribution in [3.8, 4) is 0 Å². The van der Waals surface area contributed by atoms with Crippen molar-refractivity contribution >= 4 is 16.7 Å². The van der Waals surface area contributed by atoms with Gasteiger partial charge in [-0.3, -0.25) is 0 Å². The summed E-state index contributed by atoms with van der Waals surface area (Å²) in [5.41, 5.74) is 8.01. The van der Waals surface area contributed by atoms with E-state index in [1.54, 1.807) is 0 Å². The Labute approximate surface area is 95.7 Å². The van der Waals surface area contributed by atoms with Crippen LogP contribution in [0.15, 0.2) is 24.5 Å². The van der Waals surface area contributed by atoms with E-state index in [0.29, 0.717) is 0 Å². The fourth-order valence-corrected chi connectivity index (χ4v) is 2.01. The highest BCUT2D eigenvalue weighted by Gasteiger charge is 2.09. The first kappa shape index (κ1) is 11.0. The molecule has 0 aliphatic heterocycles. The molecule has 0 bridgehead atoms. The number of aryl methyl sites for hydroxylation is 1. The number of rotatable bonds is 3. The number of nitrogens with zero attached hydrogens (tertiary/aromatic N) is 3. The average Bonchev–Trinajstić information content (AvgIpc) is 2.59. The Hall–Kier alpha value is -1.55. The molecule has 4 nitrogen and oxygen atoms in total. The molecule has 0 amide bonds. The number of pyridine rings is 1. The van der Waals surface area contributed by atoms with Gasteiger partial charge in [-0.1, -0.05) is 0 Å². The lowest BCUT2D eigenvalue weighted by Gasteiger charge is -2.22. The molecule has 1 unspecified atom stereocenters. The molecule has 2 aromatic heterocycles. The Morgan fingerprint density at radius 3 is 2.94 bits per heavy atom. The molecule has 0 aromatic carbocycles. The Morgan fingerprint density at radius 1 is 1.50 bits per heavy atom. The first-order chi connectivity index (χ1) is 7.59. The Bertz CT molecular complexity index is 487. The van der Waals surface area contributed by atoms with Gasteiger partial charge < -0.3 is 15.2 Å². The summed E-state index contributed by atoms with van der Waals surface area (Å²) in [5, 5.41) is 1.17. The van der Waals surface area contributed by atoms with Crippen molar-refractivity contribution in [2.75, 3.05) is 18.5 Å². The maximum Gasteiger partial charge on any atom is 0.141 e. The molecule has 2 rings (SSSR count). The predicted molar refractivity (Wildman–Crippen MR) is 67.6 cm³/mol. The van der Waals surface area contributed by atoms with Gasteiger partial charge in [0.25, 0.3) is 0 Å². The van der Waals surface area contributed by atoms with Gasteiger partial charge in [0.15, 0.2) is 0 Å². The quantitative estimate of drug-likeness (QED) is 0.846. The van der Waals surface area contributed by atoms with E-state index >= 15 is 0 Å². The number of fused-ring (bicyclic) bond motifs is 1. The number of hydrogen-bond acceptors (Lipinski definition) is 3. The van der Waals surface area contributed by atoms with E-state index in [1.807, 2.05) is 37.0 Å². The highest BCUT2D eigenvalue weighted by molar-refractivity contribution is 5.90. The zero-order valence-corrected chi connectivity index (χ0v) is 10.0. The van der Waals surface area contributed by atoms with Crippen LogP contribution >= 0.6 is 0 Å². The largest absolute Gasteiger partial charge is 0.372 e. The van der Waals surface area contributed by atoms with Crippen molar-refractivity contribution < 1.29 is 0 Å². The standard InChI is InChI=1S/C12H18N4/c1-9(13)8-16(3)11-4-6-14-12-10(11)5-7-15(12)2/h4-7,9H,8,13H2,1-3H3. The van der Waals surface area contributed by atoms with Crippen LogP contribution < -0.4 is 10.6 Å². The fourth-order valence-electron chi connectivity index (χ4n) is 2.01. The van der Waals surface area contributed by atoms with Crippen molar-refractivity contribution in [1.29, 1.82) is 0 Å². The third-order valence-corrected chi connectivity index (χ3v) is 2.72. The van der Waals surface area contributed by atoms with E-state index in [2.05, 4.69) is 23.0 Å². The number of hydrogen-bond donors (Lipinski definition) is 1. The number of anilines is 1. The average molecular weight is 218 g/mol. The molecule has 4 heteroatoms. The van der Waals surface area contributed by atoms with E-state index < -0.39 is 0 Å². The van der Waals surface area contributed by atoms with Gasteiger partial charge in [-0.25, -0.2) is 4.98 Å². The van der Waals surface area contributed by atoms with Crippen LogP contribution in [0.4, 0.5) is 5.69 Å². The number of nitrogens with two attached hydrogens (primary N) is 1. The van der Waals surface area contributed by atoms with Crippen LogP contribution in [0.1, 0.15) is 6.92 Å². The summed E-state index contributed by atoms with van der Waals surface area (Å²) in [6.07, 6.45) is 3.87. The first-order valence-corrected chi connectivity index (χ1v) is 5.46. The molecule has 2 heterocycles. The van der Waals surface area contributed by atoms with E-state index in [9.17, 15) is 0 Å². The van der Waals surface area contributed by atoms with Crippen molar-refractivity contribution in [2.24, 2.45) is 12.8 Å². The summed E-state index contributed by atoms with van der Waals surface area (Å²) < 4.78 is 2.03. The van der Waals surface area contributed by atoms with Crippen LogP contribution in [0.2, 0.25) is 0 Å². The molecular weight excluding hydrogens is 200 g/mol. The smallest absolute Gasteiger partial charge is 0.141 e. The summed E-state index contributed by atoms with van der Waals surface area (Å²) in [6.45, 7) is 2.86. The molecule has 2 aromatic rings. The second kappa shape index (κ2) is 4.14. The lowest BCUT2D eigenvalue weighted by atomic mass is 10.2. The predicted octanol–water partition coefficient (Wildman–Crippen LogP) is 1.36. The fraction of sp³-hybridized carbons (Fsp3) is 0.417. The summed E-state index contributed by atoms with van der Waals surface area (Å²) in [5.74, 6) is 0. The van der Waals surface area contributed by atoms with Gasteiger partial charge in [0.05, 0.1) is 0 Å². The SMILES string of the molecule is CC(N)CN(C)c1ccnc2c1ccn2C. The highest BCUT2D eigenvalue weighted by atomic mass is 15.1. The van der Waals surface area contributed by atoms with Crippen LogP contribution in [0.5, 0.6) is 0 Å². The molecule has 0 saturated carbocycles. The molecule has 0 aliphatic carbocycles. The number of likely N-dealkylation sites (N-methyl/N-ethyl adjacent to an activating group) is 1. The van der Waals surface area contributed by atoms with E-state index in [-0.39, 0.29) is 6.04 Å². The lowest BCUT2D eigenvalue weighted by molar-refractivity contribution is 0.719. The summed E-state index contributed by atoms with van der Waals surface area (Å²) >= 11 is 0. The normalized spacial score (nSPS) is 13.0. The Balaban J connectivity index is 2.44. The van der Waals surface area contributed by atoms with Crippen molar-refractivity contribution in [1.82, 2.24) is 9.55 Å². The topological polar surface area (TPSA) is 47.1 Å². The summed E-state index contributed by atoms with van der Waals surface area (Å²) in [7, 11) is 4.07. The molecule has 16 heavy (non-hydrogen) atoms. The molecule has 0 saturated heterocycles. The molecular formula is C12H18N4. The van der Waals surface area contributed by atoms with Gasteiger partial charge in [-0.15, -0.1) is 0 Å². The molecule has 1 atom stereocenters. The molecule has 0 fully saturated rings. The Kier molecular flexibility index (Phi) is 2.83. The van der Waals surface area contributed by atoms with Crippen LogP contribution in [0.3, 0.4) is 0 Å². The second-order valence-electron chi connectivity index (χ2n) is 4.35. The van der Waals surface area contributed by atoms with Crippen LogP contribution in [-0.2, 0) is 7.05 Å². The molecule has 2 N–H and O–H groups in total. The summed E-state index contributed by atoms with van der Waals surface area (Å²) in [6, 6.07) is 4.29. The van der Waals surface area contributed by atoms with E-state index in [4.69, 9.17) is 5.73 Å². The minimum atomic E-state index is 0.164. The van der Waals surface area contributed by atoms with Gasteiger partial charge >= 0.3 is 0 Å². The zero-order chi connectivity index (χ0) is 11.7. The first-order valence-electron chi connectivity index (χ1n) is 5.46. The van der Waals surface area contributed by atoms with Gasteiger partial charge in [0.1, 0.15) is 5.65 Å². The van der Waals surface area contributed by atoms with Gasteiger partial charge in [-0.2, -0.15) is 0 Å². The van der Waals surface area contributed by atoms with Crippen molar-refractivity contribution in [2.45, 2.75) is 13.0 Å². The minimum absolute atomic E-state index is 0.164.